The lowest BCUT2D eigenvalue weighted by Gasteiger charge is -1.98. The highest BCUT2D eigenvalue weighted by Gasteiger charge is 1.94. The fourth-order valence-corrected chi connectivity index (χ4v) is 0.722. The molecular formula is C8H7ClN2O. The van der Waals surface area contributed by atoms with Crippen LogP contribution in [-0.4, -0.2) is 16.6 Å². The van der Waals surface area contributed by atoms with Crippen LogP contribution in [0.2, 0.25) is 5.28 Å². The van der Waals surface area contributed by atoms with Gasteiger partial charge in [-0.05, 0) is 18.5 Å². The quantitative estimate of drug-likeness (QED) is 0.514. The molecule has 0 aliphatic heterocycles. The van der Waals surface area contributed by atoms with Gasteiger partial charge in [0.1, 0.15) is 0 Å². The maximum Gasteiger partial charge on any atom is 0.225 e. The number of hydrogen-bond donors (Lipinski definition) is 0. The second kappa shape index (κ2) is 4.58. The topological polar surface area (TPSA) is 35.0 Å². The molecule has 0 aromatic carbocycles. The van der Waals surface area contributed by atoms with Crippen molar-refractivity contribution >= 4 is 11.6 Å². The van der Waals surface area contributed by atoms with Crippen LogP contribution in [0.4, 0.5) is 0 Å². The number of rotatable bonds is 2. The zero-order valence-electron chi connectivity index (χ0n) is 6.54. The Labute approximate surface area is 75.7 Å². The zero-order valence-corrected chi connectivity index (χ0v) is 7.30. The largest absolute Gasteiger partial charge is 0.464 e. The van der Waals surface area contributed by atoms with Crippen LogP contribution in [0, 0.1) is 11.8 Å². The highest BCUT2D eigenvalue weighted by atomic mass is 35.5. The van der Waals surface area contributed by atoms with Gasteiger partial charge >= 0.3 is 0 Å². The lowest BCUT2D eigenvalue weighted by molar-refractivity contribution is 0.354. The van der Waals surface area contributed by atoms with Crippen LogP contribution in [0.25, 0.3) is 0 Å². The number of ether oxygens (including phenoxy) is 1. The predicted molar refractivity (Wildman–Crippen MR) is 46.0 cm³/mol. The average molecular weight is 183 g/mol. The van der Waals surface area contributed by atoms with E-state index >= 15 is 0 Å². The van der Waals surface area contributed by atoms with E-state index in [0.717, 1.165) is 0 Å². The summed E-state index contributed by atoms with van der Waals surface area (Å²) in [5, 5.41) is 0.178. The Morgan fingerprint density at radius 2 is 2.50 bits per heavy atom. The van der Waals surface area contributed by atoms with Crippen LogP contribution in [0.15, 0.2) is 12.3 Å². The molecule has 12 heavy (non-hydrogen) atoms. The van der Waals surface area contributed by atoms with Crippen molar-refractivity contribution in [2.45, 2.75) is 6.92 Å². The molecule has 0 amide bonds. The van der Waals surface area contributed by atoms with E-state index in [0.29, 0.717) is 12.5 Å². The fourth-order valence-electron chi connectivity index (χ4n) is 0.582. The van der Waals surface area contributed by atoms with Crippen LogP contribution in [-0.2, 0) is 0 Å². The van der Waals surface area contributed by atoms with Crippen LogP contribution in [0.5, 0.6) is 5.88 Å². The summed E-state index contributed by atoms with van der Waals surface area (Å²) in [5.41, 5.74) is 0. The maximum absolute atomic E-state index is 5.52. The Morgan fingerprint density at radius 1 is 1.67 bits per heavy atom. The number of halogens is 1. The summed E-state index contributed by atoms with van der Waals surface area (Å²) >= 11 is 5.52. The van der Waals surface area contributed by atoms with E-state index < -0.39 is 0 Å². The van der Waals surface area contributed by atoms with Gasteiger partial charge < -0.3 is 4.74 Å². The van der Waals surface area contributed by atoms with Gasteiger partial charge in [-0.15, -0.1) is 5.92 Å². The molecule has 0 unspecified atom stereocenters. The molecule has 0 spiro atoms. The molecule has 0 aliphatic carbocycles. The average Bonchev–Trinajstić information content (AvgIpc) is 2.05. The van der Waals surface area contributed by atoms with Crippen molar-refractivity contribution in [2.75, 3.05) is 6.61 Å². The van der Waals surface area contributed by atoms with E-state index in [1.54, 1.807) is 13.0 Å². The van der Waals surface area contributed by atoms with Gasteiger partial charge in [0.2, 0.25) is 11.2 Å². The van der Waals surface area contributed by atoms with E-state index in [4.69, 9.17) is 16.3 Å². The van der Waals surface area contributed by atoms with Crippen LogP contribution < -0.4 is 4.74 Å². The normalized spacial score (nSPS) is 8.50. The molecule has 0 bridgehead atoms. The van der Waals surface area contributed by atoms with Crippen molar-refractivity contribution < 1.29 is 4.74 Å². The summed E-state index contributed by atoms with van der Waals surface area (Å²) in [6.45, 7) is 2.07. The van der Waals surface area contributed by atoms with E-state index in [2.05, 4.69) is 21.8 Å². The van der Waals surface area contributed by atoms with E-state index in [9.17, 15) is 0 Å². The monoisotopic (exact) mass is 182 g/mol. The molecule has 62 valence electrons. The van der Waals surface area contributed by atoms with Gasteiger partial charge in [-0.2, -0.15) is 4.98 Å². The molecule has 1 aromatic rings. The van der Waals surface area contributed by atoms with Gasteiger partial charge in [0.15, 0.2) is 6.61 Å². The van der Waals surface area contributed by atoms with Crippen LogP contribution in [0.3, 0.4) is 0 Å². The van der Waals surface area contributed by atoms with Crippen molar-refractivity contribution in [2.24, 2.45) is 0 Å². The molecule has 3 nitrogen and oxygen atoms in total. The standard InChI is InChI=1S/C8H7ClN2O/c1-2-3-6-12-7-4-5-10-8(9)11-7/h4-5H,6H2,1H3. The third-order valence-corrected chi connectivity index (χ3v) is 1.25. The van der Waals surface area contributed by atoms with Gasteiger partial charge in [0, 0.05) is 12.3 Å². The summed E-state index contributed by atoms with van der Waals surface area (Å²) in [4.78, 5) is 7.52. The molecule has 4 heteroatoms. The number of aromatic nitrogens is 2. The Hall–Kier alpha value is -1.27. The minimum absolute atomic E-state index is 0.178. The van der Waals surface area contributed by atoms with Crippen molar-refractivity contribution in [3.8, 4) is 17.7 Å². The Balaban J connectivity index is 2.55. The summed E-state index contributed by atoms with van der Waals surface area (Å²) in [7, 11) is 0. The molecule has 1 rings (SSSR count). The van der Waals surface area contributed by atoms with Gasteiger partial charge in [-0.3, -0.25) is 0 Å². The molecule has 1 heterocycles. The molecule has 1 aromatic heterocycles. The van der Waals surface area contributed by atoms with Crippen molar-refractivity contribution in [1.29, 1.82) is 0 Å². The molecule has 0 N–H and O–H groups in total. The Kier molecular flexibility index (Phi) is 3.36. The van der Waals surface area contributed by atoms with Crippen molar-refractivity contribution in [1.82, 2.24) is 9.97 Å². The molecule has 0 aliphatic rings. The molecule has 0 saturated carbocycles. The third kappa shape index (κ3) is 2.77. The molecule has 0 atom stereocenters. The first-order valence-corrected chi connectivity index (χ1v) is 3.71. The first kappa shape index (κ1) is 8.82. The van der Waals surface area contributed by atoms with Gasteiger partial charge in [-0.1, -0.05) is 5.92 Å². The van der Waals surface area contributed by atoms with E-state index in [-0.39, 0.29) is 5.28 Å². The molecule has 0 radical (unpaired) electrons. The van der Waals surface area contributed by atoms with Crippen molar-refractivity contribution in [3.05, 3.63) is 17.5 Å². The highest BCUT2D eigenvalue weighted by Crippen LogP contribution is 2.07. The fraction of sp³-hybridized carbons (Fsp3) is 0.250. The maximum atomic E-state index is 5.52. The second-order valence-electron chi connectivity index (χ2n) is 1.88. The lowest BCUT2D eigenvalue weighted by atomic mass is 10.6. The lowest BCUT2D eigenvalue weighted by Crippen LogP contribution is -1.96. The number of hydrogen-bond acceptors (Lipinski definition) is 3. The van der Waals surface area contributed by atoms with E-state index in [1.807, 2.05) is 0 Å². The minimum Gasteiger partial charge on any atom is -0.464 e. The third-order valence-electron chi connectivity index (χ3n) is 1.07. The number of nitrogens with zero attached hydrogens (tertiary/aromatic N) is 2. The molecule has 0 saturated heterocycles. The smallest absolute Gasteiger partial charge is 0.225 e. The molecular weight excluding hydrogens is 176 g/mol. The Bertz CT molecular complexity index is 316. The van der Waals surface area contributed by atoms with Crippen molar-refractivity contribution in [3.63, 3.8) is 0 Å². The summed E-state index contributed by atoms with van der Waals surface area (Å²) in [5.74, 6) is 5.88. The van der Waals surface area contributed by atoms with Crippen LogP contribution >= 0.6 is 11.6 Å². The minimum atomic E-state index is 0.178. The van der Waals surface area contributed by atoms with Gasteiger partial charge in [0.25, 0.3) is 0 Å². The van der Waals surface area contributed by atoms with Gasteiger partial charge in [0.05, 0.1) is 0 Å². The van der Waals surface area contributed by atoms with Crippen LogP contribution in [0.1, 0.15) is 6.92 Å². The summed E-state index contributed by atoms with van der Waals surface area (Å²) < 4.78 is 5.12. The second-order valence-corrected chi connectivity index (χ2v) is 2.22. The summed E-state index contributed by atoms with van der Waals surface area (Å²) in [6.07, 6.45) is 1.53. The zero-order chi connectivity index (χ0) is 8.81. The first-order chi connectivity index (χ1) is 5.83. The van der Waals surface area contributed by atoms with E-state index in [1.165, 1.54) is 6.20 Å². The summed E-state index contributed by atoms with van der Waals surface area (Å²) in [6, 6.07) is 1.63. The SMILES string of the molecule is CC#CCOc1ccnc(Cl)n1. The highest BCUT2D eigenvalue weighted by molar-refractivity contribution is 6.28. The van der Waals surface area contributed by atoms with Gasteiger partial charge in [-0.25, -0.2) is 4.98 Å². The Morgan fingerprint density at radius 3 is 3.17 bits per heavy atom. The predicted octanol–water partition coefficient (Wildman–Crippen LogP) is 1.53. The molecule has 0 fully saturated rings. The first-order valence-electron chi connectivity index (χ1n) is 3.34.